The molecule has 1 N–H and O–H groups in total. The molecule has 2 heterocycles. The molecule has 29 heavy (non-hydrogen) atoms. The number of hydrogen-bond acceptors (Lipinski definition) is 2. The van der Waals surface area contributed by atoms with Crippen LogP contribution in [0.4, 0.5) is 5.69 Å². The van der Waals surface area contributed by atoms with Gasteiger partial charge in [-0.3, -0.25) is 0 Å². The third kappa shape index (κ3) is 3.14. The molecule has 0 amide bonds. The number of benzene rings is 3. The number of fused-ring (bicyclic) bond motifs is 5. The highest BCUT2D eigenvalue weighted by Gasteiger charge is 2.31. The van der Waals surface area contributed by atoms with Crippen molar-refractivity contribution in [3.63, 3.8) is 0 Å². The lowest BCUT2D eigenvalue weighted by molar-refractivity contribution is 0.514. The third-order valence-electron chi connectivity index (χ3n) is 5.43. The molecule has 0 spiro atoms. The van der Waals surface area contributed by atoms with Crippen LogP contribution in [0.15, 0.2) is 66.7 Å². The molecule has 0 aliphatic carbocycles. The summed E-state index contributed by atoms with van der Waals surface area (Å²) in [4.78, 5) is 0. The molecule has 0 saturated carbocycles. The van der Waals surface area contributed by atoms with Crippen molar-refractivity contribution in [1.82, 2.24) is 0 Å². The summed E-state index contributed by atoms with van der Waals surface area (Å²) >= 11 is 6.32. The van der Waals surface area contributed by atoms with E-state index in [2.05, 4.69) is 62.5 Å². The van der Waals surface area contributed by atoms with Gasteiger partial charge in [-0.25, -0.2) is 0 Å². The number of allylic oxidation sites excluding steroid dienone is 1. The Morgan fingerprint density at radius 1 is 0.931 bits per heavy atom. The Bertz CT molecular complexity index is 1190. The van der Waals surface area contributed by atoms with Crippen LogP contribution in [0.25, 0.3) is 28.5 Å². The minimum atomic E-state index is -0.0919. The van der Waals surface area contributed by atoms with Crippen LogP contribution < -0.4 is 10.1 Å². The minimum Gasteiger partial charge on any atom is -0.456 e. The van der Waals surface area contributed by atoms with Gasteiger partial charge in [-0.2, -0.15) is 0 Å². The largest absolute Gasteiger partial charge is 0.456 e. The Morgan fingerprint density at radius 2 is 1.72 bits per heavy atom. The van der Waals surface area contributed by atoms with Gasteiger partial charge in [-0.1, -0.05) is 54.1 Å². The van der Waals surface area contributed by atoms with Crippen molar-refractivity contribution in [2.75, 3.05) is 5.32 Å². The molecule has 3 heteroatoms. The molecule has 2 aliphatic heterocycles. The molecule has 3 aromatic rings. The van der Waals surface area contributed by atoms with Gasteiger partial charge in [-0.15, -0.1) is 0 Å². The first-order chi connectivity index (χ1) is 13.9. The zero-order valence-electron chi connectivity index (χ0n) is 16.7. The maximum atomic E-state index is 6.43. The monoisotopic (exact) mass is 399 g/mol. The van der Waals surface area contributed by atoms with Crippen molar-refractivity contribution in [3.8, 4) is 16.9 Å². The molecule has 0 bridgehead atoms. The molecule has 0 radical (unpaired) electrons. The predicted octanol–water partition coefficient (Wildman–Crippen LogP) is 7.50. The molecule has 5 rings (SSSR count). The second kappa shape index (κ2) is 6.53. The van der Waals surface area contributed by atoms with E-state index in [-0.39, 0.29) is 5.54 Å². The van der Waals surface area contributed by atoms with Crippen LogP contribution in [-0.4, -0.2) is 5.54 Å². The number of nitrogens with one attached hydrogen (secondary N) is 1. The lowest BCUT2D eigenvalue weighted by Gasteiger charge is -2.35. The molecular formula is C26H22ClNO. The van der Waals surface area contributed by atoms with E-state index in [1.807, 2.05) is 36.4 Å². The zero-order valence-corrected chi connectivity index (χ0v) is 17.5. The van der Waals surface area contributed by atoms with E-state index in [1.165, 1.54) is 11.1 Å². The number of halogens is 1. The van der Waals surface area contributed by atoms with E-state index in [0.717, 1.165) is 39.4 Å². The van der Waals surface area contributed by atoms with E-state index in [1.54, 1.807) is 0 Å². The number of hydrogen-bond donors (Lipinski definition) is 1. The van der Waals surface area contributed by atoms with E-state index >= 15 is 0 Å². The van der Waals surface area contributed by atoms with Crippen molar-refractivity contribution in [3.05, 3.63) is 88.5 Å². The van der Waals surface area contributed by atoms with Crippen LogP contribution in [0.1, 0.15) is 37.5 Å². The third-order valence-corrected chi connectivity index (χ3v) is 5.66. The van der Waals surface area contributed by atoms with E-state index in [0.29, 0.717) is 5.02 Å². The van der Waals surface area contributed by atoms with Gasteiger partial charge >= 0.3 is 0 Å². The normalized spacial score (nSPS) is 17.4. The number of anilines is 1. The van der Waals surface area contributed by atoms with E-state index in [9.17, 15) is 0 Å². The maximum Gasteiger partial charge on any atom is 0.136 e. The van der Waals surface area contributed by atoms with Crippen molar-refractivity contribution in [2.24, 2.45) is 0 Å². The van der Waals surface area contributed by atoms with Gasteiger partial charge in [0.25, 0.3) is 0 Å². The molecule has 0 unspecified atom stereocenters. The van der Waals surface area contributed by atoms with Gasteiger partial charge in [0.15, 0.2) is 0 Å². The fourth-order valence-corrected chi connectivity index (χ4v) is 4.54. The second-order valence-corrected chi connectivity index (χ2v) is 8.68. The summed E-state index contributed by atoms with van der Waals surface area (Å²) in [5.74, 6) is 1.68. The Kier molecular flexibility index (Phi) is 4.07. The van der Waals surface area contributed by atoms with Gasteiger partial charge in [0.1, 0.15) is 11.5 Å². The van der Waals surface area contributed by atoms with Gasteiger partial charge in [0.2, 0.25) is 0 Å². The maximum absolute atomic E-state index is 6.43. The molecule has 2 aliphatic rings. The Hall–Kier alpha value is -2.97. The fourth-order valence-electron chi connectivity index (χ4n) is 4.37. The molecule has 144 valence electrons. The van der Waals surface area contributed by atoms with Gasteiger partial charge in [-0.05, 0) is 67.8 Å². The highest BCUT2D eigenvalue weighted by atomic mass is 35.5. The summed E-state index contributed by atoms with van der Waals surface area (Å²) in [5, 5.41) is 4.36. The van der Waals surface area contributed by atoms with Crippen LogP contribution in [0.3, 0.4) is 0 Å². The topological polar surface area (TPSA) is 21.3 Å². The van der Waals surface area contributed by atoms with Crippen LogP contribution in [0, 0.1) is 0 Å². The highest BCUT2D eigenvalue weighted by molar-refractivity contribution is 6.31. The molecule has 0 saturated heterocycles. The second-order valence-electron chi connectivity index (χ2n) is 8.25. The van der Waals surface area contributed by atoms with Gasteiger partial charge < -0.3 is 10.1 Å². The molecule has 0 atom stereocenters. The van der Waals surface area contributed by atoms with Crippen LogP contribution in [0.2, 0.25) is 5.02 Å². The van der Waals surface area contributed by atoms with Crippen molar-refractivity contribution in [2.45, 2.75) is 26.3 Å². The van der Waals surface area contributed by atoms with Crippen molar-refractivity contribution >= 4 is 34.7 Å². The summed E-state index contributed by atoms with van der Waals surface area (Å²) in [6, 6.07) is 20.4. The molecule has 2 nitrogen and oxygen atoms in total. The lowest BCUT2D eigenvalue weighted by Crippen LogP contribution is -2.32. The average Bonchev–Trinajstić information content (AvgIpc) is 2.67. The number of rotatable bonds is 1. The van der Waals surface area contributed by atoms with Crippen LogP contribution >= 0.6 is 11.6 Å². The van der Waals surface area contributed by atoms with Gasteiger partial charge in [0.05, 0.1) is 5.54 Å². The Balaban J connectivity index is 1.81. The summed E-state index contributed by atoms with van der Waals surface area (Å²) in [5.41, 5.74) is 7.85. The molecular weight excluding hydrogens is 378 g/mol. The van der Waals surface area contributed by atoms with E-state index in [4.69, 9.17) is 16.3 Å². The molecule has 0 aromatic heterocycles. The first-order valence-electron chi connectivity index (χ1n) is 9.81. The van der Waals surface area contributed by atoms with Crippen molar-refractivity contribution in [1.29, 1.82) is 0 Å². The Labute approximate surface area is 176 Å². The molecule has 0 fully saturated rings. The predicted molar refractivity (Wildman–Crippen MR) is 123 cm³/mol. The zero-order chi connectivity index (χ0) is 20.2. The van der Waals surface area contributed by atoms with E-state index < -0.39 is 0 Å². The van der Waals surface area contributed by atoms with Crippen LogP contribution in [0.5, 0.6) is 5.75 Å². The summed E-state index contributed by atoms with van der Waals surface area (Å²) in [7, 11) is 0. The lowest BCUT2D eigenvalue weighted by atomic mass is 9.83. The van der Waals surface area contributed by atoms with Gasteiger partial charge in [0, 0.05) is 27.4 Å². The highest BCUT2D eigenvalue weighted by Crippen LogP contribution is 2.49. The summed E-state index contributed by atoms with van der Waals surface area (Å²) in [6.07, 6.45) is 4.40. The summed E-state index contributed by atoms with van der Waals surface area (Å²) in [6.45, 7) is 6.55. The summed E-state index contributed by atoms with van der Waals surface area (Å²) < 4.78 is 6.43. The SMILES string of the molecule is CC1=CC(C)(C)Nc2ccc3c(c21)C(=Cc1ccccc1)Oc1ccc(Cl)cc1-3. The quantitative estimate of drug-likeness (QED) is 0.457. The smallest absolute Gasteiger partial charge is 0.136 e. The average molecular weight is 400 g/mol. The first kappa shape index (κ1) is 18.1. The minimum absolute atomic E-state index is 0.0919. The number of ether oxygens (including phenoxy) is 1. The first-order valence-corrected chi connectivity index (χ1v) is 10.2. The molecule has 3 aromatic carbocycles. The standard InChI is InChI=1S/C26H22ClNO/c1-16-15-26(2,3)28-21-11-10-19-20-14-18(27)9-12-22(20)29-23(25(19)24(16)21)13-17-7-5-4-6-8-17/h4-15,28H,1-3H3. The Morgan fingerprint density at radius 3 is 2.52 bits per heavy atom. The van der Waals surface area contributed by atoms with Crippen LogP contribution in [-0.2, 0) is 0 Å². The fraction of sp³-hybridized carbons (Fsp3) is 0.154. The van der Waals surface area contributed by atoms with Crippen molar-refractivity contribution < 1.29 is 4.74 Å².